The minimum atomic E-state index is -3.27. The van der Waals surface area contributed by atoms with Crippen molar-refractivity contribution >= 4 is 58.1 Å². The number of ether oxygens (including phenoxy) is 2. The lowest BCUT2D eigenvalue weighted by atomic mass is 10.2. The molecular weight excluding hydrogens is 522 g/mol. The summed E-state index contributed by atoms with van der Waals surface area (Å²) in [5.74, 6) is -2.06. The molecule has 0 aliphatic carbocycles. The van der Waals surface area contributed by atoms with Crippen LogP contribution in [0, 0.1) is 0 Å². The first-order valence-corrected chi connectivity index (χ1v) is 12.0. The third kappa shape index (κ3) is 6.89. The minimum Gasteiger partial charge on any atom is -0.450 e. The maximum atomic E-state index is 14.0. The highest BCUT2D eigenvalue weighted by atomic mass is 35.5. The first-order valence-electron chi connectivity index (χ1n) is 10.8. The van der Waals surface area contributed by atoms with Crippen LogP contribution >= 0.6 is 22.9 Å². The SMILES string of the molecule is CCOC(=O)N[C@H](CNC(=O)c1ccc(Cl)s1)C(=O)N(c1ccc(N2CCOCC2=O)cc1)C(F)F. The molecule has 1 atom stereocenters. The van der Waals surface area contributed by atoms with E-state index < -0.39 is 37.0 Å². The Morgan fingerprint density at radius 1 is 1.22 bits per heavy atom. The molecule has 2 N–H and O–H groups in total. The molecule has 1 saturated heterocycles. The van der Waals surface area contributed by atoms with Crippen LogP contribution in [0.4, 0.5) is 25.0 Å². The Kier molecular flexibility index (Phi) is 9.56. The topological polar surface area (TPSA) is 117 Å². The monoisotopic (exact) mass is 544 g/mol. The van der Waals surface area contributed by atoms with E-state index in [4.69, 9.17) is 21.1 Å². The van der Waals surface area contributed by atoms with Gasteiger partial charge in [-0.15, -0.1) is 11.3 Å². The van der Waals surface area contributed by atoms with Gasteiger partial charge < -0.3 is 25.0 Å². The Labute approximate surface area is 214 Å². The van der Waals surface area contributed by atoms with E-state index >= 15 is 0 Å². The third-order valence-corrected chi connectivity index (χ3v) is 6.22. The number of benzene rings is 1. The number of anilines is 2. The van der Waals surface area contributed by atoms with E-state index in [0.29, 0.717) is 23.2 Å². The van der Waals surface area contributed by atoms with E-state index in [1.54, 1.807) is 0 Å². The Bertz CT molecular complexity index is 1100. The molecule has 2 aromatic rings. The second-order valence-corrected chi connectivity index (χ2v) is 9.05. The smallest absolute Gasteiger partial charge is 0.407 e. The average molecular weight is 545 g/mol. The summed E-state index contributed by atoms with van der Waals surface area (Å²) in [6.07, 6.45) is -1.01. The normalized spacial score (nSPS) is 14.4. The number of alkyl carbamates (subject to hydrolysis) is 1. The molecule has 1 fully saturated rings. The lowest BCUT2D eigenvalue weighted by Gasteiger charge is -2.29. The number of nitrogens with zero attached hydrogens (tertiary/aromatic N) is 2. The van der Waals surface area contributed by atoms with Crippen molar-refractivity contribution in [2.24, 2.45) is 0 Å². The largest absolute Gasteiger partial charge is 0.450 e. The summed E-state index contributed by atoms with van der Waals surface area (Å²) >= 11 is 6.82. The number of morpholine rings is 1. The van der Waals surface area contributed by atoms with Gasteiger partial charge in [-0.05, 0) is 43.3 Å². The van der Waals surface area contributed by atoms with Crippen LogP contribution in [-0.4, -0.2) is 69.3 Å². The summed E-state index contributed by atoms with van der Waals surface area (Å²) in [4.78, 5) is 51.4. The molecule has 0 unspecified atom stereocenters. The van der Waals surface area contributed by atoms with Crippen LogP contribution in [0.2, 0.25) is 4.34 Å². The molecule has 0 bridgehead atoms. The van der Waals surface area contributed by atoms with Gasteiger partial charge in [-0.25, -0.2) is 4.79 Å². The van der Waals surface area contributed by atoms with Crippen LogP contribution in [0.3, 0.4) is 0 Å². The van der Waals surface area contributed by atoms with E-state index in [-0.39, 0.29) is 34.6 Å². The van der Waals surface area contributed by atoms with Gasteiger partial charge >= 0.3 is 12.6 Å². The Morgan fingerprint density at radius 2 is 1.94 bits per heavy atom. The fraction of sp³-hybridized carbons (Fsp3) is 0.364. The Morgan fingerprint density at radius 3 is 2.53 bits per heavy atom. The van der Waals surface area contributed by atoms with Gasteiger partial charge in [-0.2, -0.15) is 8.78 Å². The van der Waals surface area contributed by atoms with Crippen molar-refractivity contribution < 1.29 is 37.4 Å². The number of thiophene rings is 1. The minimum absolute atomic E-state index is 0.0208. The number of hydrogen-bond donors (Lipinski definition) is 2. The lowest BCUT2D eigenvalue weighted by molar-refractivity contribution is -0.125. The van der Waals surface area contributed by atoms with E-state index in [2.05, 4.69) is 10.6 Å². The number of carbonyl (C=O) groups excluding carboxylic acids is 4. The highest BCUT2D eigenvalue weighted by Gasteiger charge is 2.33. The van der Waals surface area contributed by atoms with Crippen molar-refractivity contribution in [1.82, 2.24) is 10.6 Å². The zero-order valence-corrected chi connectivity index (χ0v) is 20.6. The summed E-state index contributed by atoms with van der Waals surface area (Å²) in [6.45, 7) is -1.70. The molecule has 0 spiro atoms. The van der Waals surface area contributed by atoms with E-state index in [0.717, 1.165) is 11.3 Å². The van der Waals surface area contributed by atoms with Gasteiger partial charge in [0.2, 0.25) is 0 Å². The first-order chi connectivity index (χ1) is 17.2. The molecule has 0 saturated carbocycles. The van der Waals surface area contributed by atoms with Crippen molar-refractivity contribution in [3.63, 3.8) is 0 Å². The van der Waals surface area contributed by atoms with Crippen molar-refractivity contribution in [2.45, 2.75) is 19.5 Å². The molecule has 194 valence electrons. The third-order valence-electron chi connectivity index (χ3n) is 4.99. The number of hydrogen-bond acceptors (Lipinski definition) is 7. The second kappa shape index (κ2) is 12.6. The van der Waals surface area contributed by atoms with Gasteiger partial charge in [-0.3, -0.25) is 19.3 Å². The molecule has 1 aromatic carbocycles. The van der Waals surface area contributed by atoms with Crippen LogP contribution in [0.5, 0.6) is 0 Å². The van der Waals surface area contributed by atoms with Gasteiger partial charge in [0.1, 0.15) is 12.6 Å². The molecule has 36 heavy (non-hydrogen) atoms. The standard InChI is InChI=1S/C22H23ClF2N4O6S/c1-2-35-22(33)27-15(11-26-19(31)16-7-8-17(23)36-16)20(32)29(21(24)25)14-5-3-13(4-6-14)28-9-10-34-12-18(28)30/h3-8,15,21H,2,9-12H2,1H3,(H,26,31)(H,27,33)/t15-/m1/s1. The number of alkyl halides is 2. The molecule has 1 aliphatic heterocycles. The zero-order chi connectivity index (χ0) is 26.2. The summed E-state index contributed by atoms with van der Waals surface area (Å²) in [5.41, 5.74) is 0.281. The van der Waals surface area contributed by atoms with Crippen LogP contribution in [0.15, 0.2) is 36.4 Å². The van der Waals surface area contributed by atoms with Crippen molar-refractivity contribution in [3.05, 3.63) is 45.6 Å². The molecule has 4 amide bonds. The number of halogens is 3. The molecule has 1 aromatic heterocycles. The fourth-order valence-corrected chi connectivity index (χ4v) is 4.28. The van der Waals surface area contributed by atoms with Crippen LogP contribution in [0.25, 0.3) is 0 Å². The maximum Gasteiger partial charge on any atom is 0.407 e. The molecular formula is C22H23ClF2N4O6S. The van der Waals surface area contributed by atoms with Gasteiger partial charge in [0.15, 0.2) is 0 Å². The van der Waals surface area contributed by atoms with Gasteiger partial charge in [-0.1, -0.05) is 11.6 Å². The van der Waals surface area contributed by atoms with E-state index in [9.17, 15) is 28.0 Å². The summed E-state index contributed by atoms with van der Waals surface area (Å²) in [7, 11) is 0. The molecule has 3 rings (SSSR count). The number of rotatable bonds is 9. The van der Waals surface area contributed by atoms with Crippen LogP contribution in [0.1, 0.15) is 16.6 Å². The average Bonchev–Trinajstić information content (AvgIpc) is 3.29. The number of amides is 4. The zero-order valence-electron chi connectivity index (χ0n) is 19.0. The molecule has 1 aliphatic rings. The Balaban J connectivity index is 1.79. The summed E-state index contributed by atoms with van der Waals surface area (Å²) in [5, 5.41) is 4.65. The lowest BCUT2D eigenvalue weighted by Crippen LogP contribution is -2.55. The molecule has 0 radical (unpaired) electrons. The maximum absolute atomic E-state index is 14.0. The first kappa shape index (κ1) is 27.3. The van der Waals surface area contributed by atoms with Gasteiger partial charge in [0.05, 0.1) is 22.4 Å². The second-order valence-electron chi connectivity index (χ2n) is 7.33. The van der Waals surface area contributed by atoms with E-state index in [1.165, 1.54) is 48.2 Å². The fourth-order valence-electron chi connectivity index (χ4n) is 3.32. The number of carbonyl (C=O) groups is 4. The van der Waals surface area contributed by atoms with Gasteiger partial charge in [0.25, 0.3) is 17.7 Å². The van der Waals surface area contributed by atoms with Crippen LogP contribution < -0.4 is 20.4 Å². The molecule has 14 heteroatoms. The molecule has 10 nitrogen and oxygen atoms in total. The predicted molar refractivity (Wildman–Crippen MR) is 129 cm³/mol. The Hall–Kier alpha value is -3.29. The predicted octanol–water partition coefficient (Wildman–Crippen LogP) is 2.87. The van der Waals surface area contributed by atoms with Crippen LogP contribution in [-0.2, 0) is 19.1 Å². The van der Waals surface area contributed by atoms with Gasteiger partial charge in [0, 0.05) is 24.5 Å². The van der Waals surface area contributed by atoms with Crippen molar-refractivity contribution in [2.75, 3.05) is 42.7 Å². The van der Waals surface area contributed by atoms with Crippen molar-refractivity contribution in [3.8, 4) is 0 Å². The quantitative estimate of drug-likeness (QED) is 0.469. The van der Waals surface area contributed by atoms with Crippen molar-refractivity contribution in [1.29, 1.82) is 0 Å². The highest BCUT2D eigenvalue weighted by molar-refractivity contribution is 7.18. The molecule has 2 heterocycles. The highest BCUT2D eigenvalue weighted by Crippen LogP contribution is 2.25. The van der Waals surface area contributed by atoms with E-state index in [1.807, 2.05) is 0 Å². The summed E-state index contributed by atoms with van der Waals surface area (Å²) in [6, 6.07) is 6.77. The summed E-state index contributed by atoms with van der Waals surface area (Å²) < 4.78 is 38.3. The number of nitrogens with one attached hydrogen (secondary N) is 2.